The van der Waals surface area contributed by atoms with Gasteiger partial charge in [-0.05, 0) is 66.9 Å². The van der Waals surface area contributed by atoms with Crippen molar-refractivity contribution < 1.29 is 14.3 Å². The van der Waals surface area contributed by atoms with Crippen LogP contribution in [0.15, 0.2) is 54.7 Å². The van der Waals surface area contributed by atoms with Crippen molar-refractivity contribution in [3.05, 3.63) is 77.0 Å². The van der Waals surface area contributed by atoms with Crippen LogP contribution in [0.3, 0.4) is 0 Å². The highest BCUT2D eigenvalue weighted by Crippen LogP contribution is 2.32. The minimum Gasteiger partial charge on any atom is -0.454 e. The Bertz CT molecular complexity index is 1030. The van der Waals surface area contributed by atoms with E-state index in [4.69, 9.17) is 9.47 Å². The van der Waals surface area contributed by atoms with E-state index in [0.717, 1.165) is 17.0 Å². The Labute approximate surface area is 163 Å². The monoisotopic (exact) mass is 375 g/mol. The maximum Gasteiger partial charge on any atom is 0.251 e. The van der Waals surface area contributed by atoms with Crippen LogP contribution in [0.4, 0.5) is 11.5 Å². The van der Waals surface area contributed by atoms with Crippen LogP contribution in [0, 0.1) is 13.8 Å². The summed E-state index contributed by atoms with van der Waals surface area (Å²) < 4.78 is 10.7. The molecule has 4 rings (SSSR count). The minimum atomic E-state index is -0.164. The molecule has 1 aliphatic rings. The van der Waals surface area contributed by atoms with Crippen LogP contribution in [0.1, 0.15) is 27.0 Å². The van der Waals surface area contributed by atoms with Crippen LogP contribution < -0.4 is 20.1 Å². The average molecular weight is 375 g/mol. The van der Waals surface area contributed by atoms with Crippen LogP contribution in [-0.4, -0.2) is 17.7 Å². The second-order valence-corrected chi connectivity index (χ2v) is 6.72. The normalized spacial score (nSPS) is 11.9. The molecular formula is C22H21N3O3. The largest absolute Gasteiger partial charge is 0.454 e. The van der Waals surface area contributed by atoms with Crippen molar-refractivity contribution in [2.24, 2.45) is 0 Å². The zero-order chi connectivity index (χ0) is 19.5. The summed E-state index contributed by atoms with van der Waals surface area (Å²) in [5.74, 6) is 1.89. The number of carbonyl (C=O) groups excluding carboxylic acids is 1. The SMILES string of the molecule is Cc1ccc(Nc2cc(C(=O)NCc3ccc4c(c3)OCO4)ccn2)cc1C. The lowest BCUT2D eigenvalue weighted by molar-refractivity contribution is 0.0950. The fourth-order valence-corrected chi connectivity index (χ4v) is 2.94. The fraction of sp³-hybridized carbons (Fsp3) is 0.182. The number of pyridine rings is 1. The molecule has 0 bridgehead atoms. The number of anilines is 2. The number of fused-ring (bicyclic) bond motifs is 1. The van der Waals surface area contributed by atoms with Crippen molar-refractivity contribution in [2.75, 3.05) is 12.1 Å². The predicted molar refractivity (Wildman–Crippen MR) is 107 cm³/mol. The first-order chi connectivity index (χ1) is 13.6. The van der Waals surface area contributed by atoms with E-state index < -0.39 is 0 Å². The Kier molecular flexibility index (Phi) is 4.85. The molecule has 142 valence electrons. The van der Waals surface area contributed by atoms with Gasteiger partial charge in [0.05, 0.1) is 0 Å². The van der Waals surface area contributed by atoms with Crippen LogP contribution >= 0.6 is 0 Å². The van der Waals surface area contributed by atoms with Crippen LogP contribution in [0.5, 0.6) is 11.5 Å². The Morgan fingerprint density at radius 3 is 2.71 bits per heavy atom. The molecule has 0 unspecified atom stereocenters. The Morgan fingerprint density at radius 2 is 1.86 bits per heavy atom. The molecule has 2 N–H and O–H groups in total. The van der Waals surface area contributed by atoms with Crippen molar-refractivity contribution in [3.63, 3.8) is 0 Å². The number of nitrogens with one attached hydrogen (secondary N) is 2. The summed E-state index contributed by atoms with van der Waals surface area (Å²) in [4.78, 5) is 16.8. The van der Waals surface area contributed by atoms with Gasteiger partial charge in [0.2, 0.25) is 6.79 Å². The molecule has 6 heteroatoms. The highest BCUT2D eigenvalue weighted by atomic mass is 16.7. The van der Waals surface area contributed by atoms with Crippen molar-refractivity contribution in [1.29, 1.82) is 0 Å². The molecule has 2 aromatic carbocycles. The lowest BCUT2D eigenvalue weighted by atomic mass is 10.1. The summed E-state index contributed by atoms with van der Waals surface area (Å²) in [5.41, 5.74) is 4.86. The van der Waals surface area contributed by atoms with Crippen molar-refractivity contribution in [1.82, 2.24) is 10.3 Å². The number of hydrogen-bond acceptors (Lipinski definition) is 5. The summed E-state index contributed by atoms with van der Waals surface area (Å²) in [6, 6.07) is 15.2. The predicted octanol–water partition coefficient (Wildman–Crippen LogP) is 4.10. The molecule has 0 atom stereocenters. The molecule has 6 nitrogen and oxygen atoms in total. The number of benzene rings is 2. The number of rotatable bonds is 5. The second kappa shape index (κ2) is 7.60. The average Bonchev–Trinajstić information content (AvgIpc) is 3.17. The summed E-state index contributed by atoms with van der Waals surface area (Å²) in [6.45, 7) is 4.77. The molecule has 1 amide bonds. The van der Waals surface area contributed by atoms with Gasteiger partial charge in [-0.25, -0.2) is 4.98 Å². The standard InChI is InChI=1S/C22H21N3O3/c1-14-3-5-18(9-15(14)2)25-21-11-17(7-8-23-21)22(26)24-12-16-4-6-19-20(10-16)28-13-27-19/h3-11H,12-13H2,1-2H3,(H,23,25)(H,24,26). The maximum atomic E-state index is 12.5. The number of aryl methyl sites for hydroxylation is 2. The third kappa shape index (κ3) is 3.91. The zero-order valence-corrected chi connectivity index (χ0v) is 15.8. The molecule has 0 aliphatic carbocycles. The Balaban J connectivity index is 1.41. The summed E-state index contributed by atoms with van der Waals surface area (Å²) in [7, 11) is 0. The summed E-state index contributed by atoms with van der Waals surface area (Å²) >= 11 is 0. The van der Waals surface area contributed by atoms with Crippen LogP contribution in [0.2, 0.25) is 0 Å². The van der Waals surface area contributed by atoms with E-state index in [0.29, 0.717) is 23.7 Å². The molecule has 0 saturated carbocycles. The lowest BCUT2D eigenvalue weighted by Gasteiger charge is -2.10. The fourth-order valence-electron chi connectivity index (χ4n) is 2.94. The number of carbonyl (C=O) groups is 1. The highest BCUT2D eigenvalue weighted by Gasteiger charge is 2.14. The quantitative estimate of drug-likeness (QED) is 0.702. The van der Waals surface area contributed by atoms with Gasteiger partial charge in [-0.2, -0.15) is 0 Å². The smallest absolute Gasteiger partial charge is 0.251 e. The second-order valence-electron chi connectivity index (χ2n) is 6.72. The third-order valence-corrected chi connectivity index (χ3v) is 4.69. The number of aromatic nitrogens is 1. The Hall–Kier alpha value is -3.54. The first kappa shape index (κ1) is 17.9. The topological polar surface area (TPSA) is 72.5 Å². The molecule has 0 radical (unpaired) electrons. The van der Waals surface area contributed by atoms with Gasteiger partial charge in [-0.3, -0.25) is 4.79 Å². The van der Waals surface area contributed by atoms with Gasteiger partial charge in [-0.1, -0.05) is 12.1 Å². The number of nitrogens with zero attached hydrogens (tertiary/aromatic N) is 1. The van der Waals surface area contributed by atoms with Crippen LogP contribution in [-0.2, 0) is 6.54 Å². The molecular weight excluding hydrogens is 354 g/mol. The van der Waals surface area contributed by atoms with Gasteiger partial charge in [0.1, 0.15) is 5.82 Å². The van der Waals surface area contributed by atoms with E-state index >= 15 is 0 Å². The van der Waals surface area contributed by atoms with Crippen molar-refractivity contribution >= 4 is 17.4 Å². The molecule has 2 heterocycles. The van der Waals surface area contributed by atoms with Gasteiger partial charge in [0, 0.05) is 24.0 Å². The molecule has 0 fully saturated rings. The number of amides is 1. The van der Waals surface area contributed by atoms with Crippen LogP contribution in [0.25, 0.3) is 0 Å². The first-order valence-corrected chi connectivity index (χ1v) is 9.05. The first-order valence-electron chi connectivity index (χ1n) is 9.05. The molecule has 28 heavy (non-hydrogen) atoms. The van der Waals surface area contributed by atoms with E-state index in [1.807, 2.05) is 24.3 Å². The minimum absolute atomic E-state index is 0.164. The highest BCUT2D eigenvalue weighted by molar-refractivity contribution is 5.94. The van der Waals surface area contributed by atoms with Crippen molar-refractivity contribution in [2.45, 2.75) is 20.4 Å². The maximum absolute atomic E-state index is 12.5. The van der Waals surface area contributed by atoms with Gasteiger partial charge in [0.15, 0.2) is 11.5 Å². The van der Waals surface area contributed by atoms with Gasteiger partial charge in [-0.15, -0.1) is 0 Å². The van der Waals surface area contributed by atoms with Crippen molar-refractivity contribution in [3.8, 4) is 11.5 Å². The molecule has 1 aliphatic heterocycles. The molecule has 3 aromatic rings. The molecule has 0 saturated heterocycles. The zero-order valence-electron chi connectivity index (χ0n) is 15.8. The summed E-state index contributed by atoms with van der Waals surface area (Å²) in [5, 5.41) is 6.17. The Morgan fingerprint density at radius 1 is 1.00 bits per heavy atom. The summed E-state index contributed by atoms with van der Waals surface area (Å²) in [6.07, 6.45) is 1.62. The third-order valence-electron chi connectivity index (χ3n) is 4.69. The van der Waals surface area contributed by atoms with Gasteiger partial charge < -0.3 is 20.1 Å². The van der Waals surface area contributed by atoms with E-state index in [1.54, 1.807) is 18.3 Å². The van der Waals surface area contributed by atoms with Gasteiger partial charge >= 0.3 is 0 Å². The van der Waals surface area contributed by atoms with Gasteiger partial charge in [0.25, 0.3) is 5.91 Å². The molecule has 1 aromatic heterocycles. The number of hydrogen-bond donors (Lipinski definition) is 2. The molecule has 0 spiro atoms. The van der Waals surface area contributed by atoms with E-state index in [-0.39, 0.29) is 12.7 Å². The van der Waals surface area contributed by atoms with E-state index in [9.17, 15) is 4.79 Å². The van der Waals surface area contributed by atoms with E-state index in [1.165, 1.54) is 11.1 Å². The van der Waals surface area contributed by atoms with E-state index in [2.05, 4.69) is 41.6 Å². The lowest BCUT2D eigenvalue weighted by Crippen LogP contribution is -2.22. The number of ether oxygens (including phenoxy) is 2.